The molecule has 0 amide bonds. The normalized spacial score (nSPS) is 36.3. The first-order chi connectivity index (χ1) is 6.43. The van der Waals surface area contributed by atoms with Crippen molar-refractivity contribution in [3.05, 3.63) is 35.5 Å². The van der Waals surface area contributed by atoms with Crippen LogP contribution in [-0.4, -0.2) is 0 Å². The first-order valence-corrected chi connectivity index (χ1v) is 5.46. The van der Waals surface area contributed by atoms with E-state index in [0.29, 0.717) is 0 Å². The Labute approximate surface area is 80.0 Å². The van der Waals surface area contributed by atoms with E-state index in [-0.39, 0.29) is 0 Å². The molecule has 2 unspecified atom stereocenters. The lowest BCUT2D eigenvalue weighted by Gasteiger charge is -2.33. The highest BCUT2D eigenvalue weighted by Crippen LogP contribution is 2.43. The van der Waals surface area contributed by atoms with E-state index in [2.05, 4.69) is 24.3 Å². The van der Waals surface area contributed by atoms with Crippen molar-refractivity contribution in [2.75, 3.05) is 0 Å². The summed E-state index contributed by atoms with van der Waals surface area (Å²) < 4.78 is 0. The van der Waals surface area contributed by atoms with Gasteiger partial charge in [0.1, 0.15) is 0 Å². The van der Waals surface area contributed by atoms with Gasteiger partial charge in [-0.2, -0.15) is 0 Å². The zero-order valence-electron chi connectivity index (χ0n) is 8.00. The molecule has 68 valence electrons. The van der Waals surface area contributed by atoms with Gasteiger partial charge in [-0.05, 0) is 49.5 Å². The maximum absolute atomic E-state index is 2.38. The summed E-state index contributed by atoms with van der Waals surface area (Å²) in [5.41, 5.74) is 3.42. The molecular weight excluding hydrogens is 156 g/mol. The van der Waals surface area contributed by atoms with Gasteiger partial charge in [0, 0.05) is 0 Å². The Bertz CT molecular complexity index is 304. The topological polar surface area (TPSA) is 0 Å². The van der Waals surface area contributed by atoms with E-state index in [4.69, 9.17) is 0 Å². The molecule has 0 aromatic heterocycles. The molecule has 0 spiro atoms. The predicted molar refractivity (Wildman–Crippen MR) is 55.4 cm³/mol. The molecule has 3 aliphatic rings. The van der Waals surface area contributed by atoms with Crippen molar-refractivity contribution in [2.24, 2.45) is 11.8 Å². The van der Waals surface area contributed by atoms with Gasteiger partial charge in [-0.3, -0.25) is 0 Å². The van der Waals surface area contributed by atoms with Crippen molar-refractivity contribution in [1.82, 2.24) is 0 Å². The van der Waals surface area contributed by atoms with Crippen molar-refractivity contribution < 1.29 is 0 Å². The molecule has 0 saturated heterocycles. The lowest BCUT2D eigenvalue weighted by Crippen LogP contribution is -2.21. The van der Waals surface area contributed by atoms with Crippen molar-refractivity contribution in [1.29, 1.82) is 0 Å². The van der Waals surface area contributed by atoms with Gasteiger partial charge in [-0.1, -0.05) is 29.9 Å². The first-order valence-electron chi connectivity index (χ1n) is 5.46. The Kier molecular flexibility index (Phi) is 1.68. The summed E-state index contributed by atoms with van der Waals surface area (Å²) in [6.07, 6.45) is 16.1. The monoisotopic (exact) mass is 172 g/mol. The van der Waals surface area contributed by atoms with Gasteiger partial charge < -0.3 is 0 Å². The second kappa shape index (κ2) is 2.87. The lowest BCUT2D eigenvalue weighted by molar-refractivity contribution is 0.301. The molecular formula is C13H16. The summed E-state index contributed by atoms with van der Waals surface area (Å²) in [5, 5.41) is 0. The smallest absolute Gasteiger partial charge is 0.0130 e. The Hall–Kier alpha value is -0.780. The summed E-state index contributed by atoms with van der Waals surface area (Å²) in [5.74, 6) is 1.94. The van der Waals surface area contributed by atoms with E-state index in [9.17, 15) is 0 Å². The minimum Gasteiger partial charge on any atom is -0.0882 e. The van der Waals surface area contributed by atoms with Crippen LogP contribution in [0.25, 0.3) is 0 Å². The van der Waals surface area contributed by atoms with E-state index in [0.717, 1.165) is 11.8 Å². The fraction of sp³-hybridized carbons (Fsp3) is 0.538. The lowest BCUT2D eigenvalue weighted by atomic mass is 9.71. The van der Waals surface area contributed by atoms with Gasteiger partial charge in [0.2, 0.25) is 0 Å². The largest absolute Gasteiger partial charge is 0.0882 e. The van der Waals surface area contributed by atoms with Gasteiger partial charge in [-0.25, -0.2) is 0 Å². The average molecular weight is 172 g/mol. The molecule has 2 atom stereocenters. The van der Waals surface area contributed by atoms with Crippen LogP contribution >= 0.6 is 0 Å². The molecule has 3 rings (SSSR count). The van der Waals surface area contributed by atoms with Crippen LogP contribution in [0.15, 0.2) is 35.5 Å². The van der Waals surface area contributed by atoms with Crippen molar-refractivity contribution in [3.63, 3.8) is 0 Å². The van der Waals surface area contributed by atoms with E-state index >= 15 is 0 Å². The standard InChI is InChI=1S/C13H16/c1-2-5-11-9-13-7-3-6-12(13)8-10(11)4-1/h1-3,6,10-11H,4-5,7-9H2. The molecule has 0 N–H and O–H groups in total. The zero-order chi connectivity index (χ0) is 8.67. The maximum Gasteiger partial charge on any atom is -0.0130 e. The summed E-state index contributed by atoms with van der Waals surface area (Å²) in [4.78, 5) is 0. The summed E-state index contributed by atoms with van der Waals surface area (Å²) in [6, 6.07) is 0. The molecule has 0 bridgehead atoms. The molecule has 0 aliphatic heterocycles. The summed E-state index contributed by atoms with van der Waals surface area (Å²) in [7, 11) is 0. The summed E-state index contributed by atoms with van der Waals surface area (Å²) >= 11 is 0. The van der Waals surface area contributed by atoms with Crippen molar-refractivity contribution >= 4 is 0 Å². The van der Waals surface area contributed by atoms with Crippen LogP contribution < -0.4 is 0 Å². The minimum atomic E-state index is 0.964. The van der Waals surface area contributed by atoms with Crippen LogP contribution in [0.3, 0.4) is 0 Å². The third-order valence-corrected chi connectivity index (χ3v) is 3.84. The van der Waals surface area contributed by atoms with E-state index in [1.807, 2.05) is 0 Å². The molecule has 3 aliphatic carbocycles. The minimum absolute atomic E-state index is 0.964. The zero-order valence-corrected chi connectivity index (χ0v) is 8.00. The highest BCUT2D eigenvalue weighted by Gasteiger charge is 2.30. The van der Waals surface area contributed by atoms with Crippen LogP contribution in [0.1, 0.15) is 32.1 Å². The maximum atomic E-state index is 2.38. The Balaban J connectivity index is 1.86. The second-order valence-electron chi connectivity index (χ2n) is 4.61. The number of hydrogen-bond acceptors (Lipinski definition) is 0. The van der Waals surface area contributed by atoms with Gasteiger partial charge in [-0.15, -0.1) is 0 Å². The molecule has 0 nitrogen and oxygen atoms in total. The molecule has 0 heterocycles. The molecule has 0 aromatic carbocycles. The third-order valence-electron chi connectivity index (χ3n) is 3.84. The number of fused-ring (bicyclic) bond motifs is 1. The highest BCUT2D eigenvalue weighted by atomic mass is 14.3. The van der Waals surface area contributed by atoms with Crippen LogP contribution in [0, 0.1) is 11.8 Å². The first kappa shape index (κ1) is 7.61. The molecule has 13 heavy (non-hydrogen) atoms. The van der Waals surface area contributed by atoms with Gasteiger partial charge in [0.05, 0.1) is 0 Å². The van der Waals surface area contributed by atoms with Crippen LogP contribution in [0.2, 0.25) is 0 Å². The molecule has 0 aromatic rings. The molecule has 0 radical (unpaired) electrons. The number of rotatable bonds is 0. The molecule has 0 heteroatoms. The number of hydrogen-bond donors (Lipinski definition) is 0. The van der Waals surface area contributed by atoms with Crippen LogP contribution in [0.4, 0.5) is 0 Å². The van der Waals surface area contributed by atoms with Crippen molar-refractivity contribution in [3.8, 4) is 0 Å². The number of allylic oxidation sites excluding steroid dienone is 6. The van der Waals surface area contributed by atoms with Gasteiger partial charge in [0.25, 0.3) is 0 Å². The molecule has 0 saturated carbocycles. The summed E-state index contributed by atoms with van der Waals surface area (Å²) in [6.45, 7) is 0. The third kappa shape index (κ3) is 1.20. The van der Waals surface area contributed by atoms with Crippen LogP contribution in [-0.2, 0) is 0 Å². The van der Waals surface area contributed by atoms with E-state index in [1.54, 1.807) is 11.1 Å². The van der Waals surface area contributed by atoms with E-state index < -0.39 is 0 Å². The van der Waals surface area contributed by atoms with Crippen LogP contribution in [0.5, 0.6) is 0 Å². The average Bonchev–Trinajstić information content (AvgIpc) is 2.61. The van der Waals surface area contributed by atoms with Crippen molar-refractivity contribution in [2.45, 2.75) is 32.1 Å². The van der Waals surface area contributed by atoms with Gasteiger partial charge in [0.15, 0.2) is 0 Å². The fourth-order valence-electron chi connectivity index (χ4n) is 3.05. The SMILES string of the molecule is C1=CC2=C(C1)CC1CC=CCC1C2. The quantitative estimate of drug-likeness (QED) is 0.489. The van der Waals surface area contributed by atoms with E-state index in [1.165, 1.54) is 32.1 Å². The predicted octanol–water partition coefficient (Wildman–Crippen LogP) is 3.62. The Morgan fingerprint density at radius 3 is 2.54 bits per heavy atom. The highest BCUT2D eigenvalue weighted by molar-refractivity contribution is 5.36. The second-order valence-corrected chi connectivity index (χ2v) is 4.61. The Morgan fingerprint density at radius 1 is 0.923 bits per heavy atom. The molecule has 0 fully saturated rings. The fourth-order valence-corrected chi connectivity index (χ4v) is 3.05. The van der Waals surface area contributed by atoms with Gasteiger partial charge >= 0.3 is 0 Å². The Morgan fingerprint density at radius 2 is 1.69 bits per heavy atom.